The number of ketones is 1. The van der Waals surface area contributed by atoms with Crippen LogP contribution in [-0.2, 0) is 27.4 Å². The van der Waals surface area contributed by atoms with Gasteiger partial charge >= 0.3 is 5.97 Å². The first-order valence-electron chi connectivity index (χ1n) is 7.63. The summed E-state index contributed by atoms with van der Waals surface area (Å²) in [6.07, 6.45) is 2.52. The Kier molecular flexibility index (Phi) is 6.01. The number of carbonyl (C=O) groups excluding carboxylic acids is 1. The van der Waals surface area contributed by atoms with E-state index < -0.39 is 44.4 Å². The van der Waals surface area contributed by atoms with E-state index in [2.05, 4.69) is 0 Å². The summed E-state index contributed by atoms with van der Waals surface area (Å²) in [6, 6.07) is 4.42. The molecule has 0 saturated carbocycles. The lowest BCUT2D eigenvalue weighted by Crippen LogP contribution is -2.25. The Hall–Kier alpha value is -2.72. The lowest BCUT2D eigenvalue weighted by Gasteiger charge is -2.07. The van der Waals surface area contributed by atoms with Gasteiger partial charge in [-0.1, -0.05) is 0 Å². The molecule has 8 nitrogen and oxygen atoms in total. The molecule has 2 rings (SSSR count). The van der Waals surface area contributed by atoms with E-state index in [1.807, 2.05) is 0 Å². The number of hydrogen-bond donors (Lipinski definition) is 2. The van der Waals surface area contributed by atoms with Crippen LogP contribution in [0.4, 0.5) is 0 Å². The molecule has 2 N–H and O–H groups in total. The number of thiophene rings is 1. The summed E-state index contributed by atoms with van der Waals surface area (Å²) < 4.78 is 24.6. The molecule has 27 heavy (non-hydrogen) atoms. The molecule has 0 aliphatic heterocycles. The van der Waals surface area contributed by atoms with E-state index in [-0.39, 0.29) is 5.56 Å². The Morgan fingerprint density at radius 3 is 2.59 bits per heavy atom. The van der Waals surface area contributed by atoms with E-state index in [1.54, 1.807) is 13.0 Å². The first-order chi connectivity index (χ1) is 12.5. The second kappa shape index (κ2) is 7.89. The number of aromatic nitrogens is 1. The number of aromatic hydroxyl groups is 1. The Bertz CT molecular complexity index is 1090. The Balaban J connectivity index is 2.20. The fourth-order valence-electron chi connectivity index (χ4n) is 2.29. The molecule has 2 aromatic rings. The van der Waals surface area contributed by atoms with Crippen molar-refractivity contribution in [2.75, 3.05) is 5.75 Å². The van der Waals surface area contributed by atoms with Gasteiger partial charge < -0.3 is 14.8 Å². The molecule has 0 radical (unpaired) electrons. The van der Waals surface area contributed by atoms with Crippen molar-refractivity contribution in [3.63, 3.8) is 0 Å². The van der Waals surface area contributed by atoms with Crippen molar-refractivity contribution in [1.82, 2.24) is 4.57 Å². The van der Waals surface area contributed by atoms with Gasteiger partial charge in [0.2, 0.25) is 0 Å². The summed E-state index contributed by atoms with van der Waals surface area (Å²) in [6.45, 7) is 1.62. The number of pyridine rings is 1. The molecule has 0 amide bonds. The third kappa shape index (κ3) is 5.14. The smallest absolute Gasteiger partial charge is 0.318 e. The molecule has 0 aliphatic rings. The van der Waals surface area contributed by atoms with Gasteiger partial charge in [-0.15, -0.1) is 11.3 Å². The van der Waals surface area contributed by atoms with Crippen LogP contribution >= 0.6 is 11.3 Å². The van der Waals surface area contributed by atoms with Gasteiger partial charge in [-0.05, 0) is 31.2 Å². The zero-order valence-corrected chi connectivity index (χ0v) is 16.1. The minimum Gasteiger partial charge on any atom is -0.507 e. The molecular formula is C17H17NO7S2. The van der Waals surface area contributed by atoms with Crippen LogP contribution in [0.1, 0.15) is 25.8 Å². The van der Waals surface area contributed by atoms with E-state index in [0.29, 0.717) is 15.4 Å². The van der Waals surface area contributed by atoms with E-state index in [1.165, 1.54) is 29.8 Å². The topological polar surface area (TPSA) is 131 Å². The highest BCUT2D eigenvalue weighted by Gasteiger charge is 2.18. The number of allylic oxidation sites excluding steroid dienone is 1. The zero-order chi connectivity index (χ0) is 20.4. The molecule has 0 unspecified atom stereocenters. The highest BCUT2D eigenvalue weighted by atomic mass is 32.2. The molecule has 2 heterocycles. The maximum Gasteiger partial charge on any atom is 0.318 e. The van der Waals surface area contributed by atoms with Crippen LogP contribution in [-0.4, -0.2) is 40.7 Å². The van der Waals surface area contributed by atoms with Crippen molar-refractivity contribution in [3.8, 4) is 5.75 Å². The third-order valence-electron chi connectivity index (χ3n) is 3.68. The molecule has 144 valence electrons. The number of sulfone groups is 1. The lowest BCUT2D eigenvalue weighted by molar-refractivity contribution is -0.134. The first kappa shape index (κ1) is 20.6. The molecule has 0 saturated heterocycles. The van der Waals surface area contributed by atoms with Crippen molar-refractivity contribution in [3.05, 3.63) is 55.6 Å². The summed E-state index contributed by atoms with van der Waals surface area (Å²) >= 11 is 1.08. The van der Waals surface area contributed by atoms with Crippen molar-refractivity contribution >= 4 is 39.0 Å². The number of hydrogen-bond acceptors (Lipinski definition) is 7. The van der Waals surface area contributed by atoms with E-state index in [4.69, 9.17) is 5.11 Å². The summed E-state index contributed by atoms with van der Waals surface area (Å²) in [4.78, 5) is 35.9. The van der Waals surface area contributed by atoms with E-state index >= 15 is 0 Å². The fraction of sp³-hybridized carbons (Fsp3) is 0.235. The van der Waals surface area contributed by atoms with Gasteiger partial charge in [0, 0.05) is 28.6 Å². The van der Waals surface area contributed by atoms with E-state index in [9.17, 15) is 27.9 Å². The van der Waals surface area contributed by atoms with Crippen LogP contribution in [0, 0.1) is 6.92 Å². The van der Waals surface area contributed by atoms with Gasteiger partial charge in [-0.25, -0.2) is 8.42 Å². The molecule has 0 aromatic carbocycles. The highest BCUT2D eigenvalue weighted by Crippen LogP contribution is 2.21. The summed E-state index contributed by atoms with van der Waals surface area (Å²) in [5.74, 6) is -3.87. The molecule has 0 aliphatic carbocycles. The Labute approximate surface area is 158 Å². The standard InChI is InChI=1S/C17H17NO7S2/c1-10-7-14(20)16(17(23)18(10)2)13(19)6-5-11-3-4-12(26-11)8-27(24,25)9-15(21)22/h3-7,20H,8-9H2,1-2H3,(H,21,22)/b6-5+. The average Bonchev–Trinajstić information content (AvgIpc) is 2.96. The second-order valence-electron chi connectivity index (χ2n) is 5.84. The summed E-state index contributed by atoms with van der Waals surface area (Å²) in [5, 5.41) is 18.5. The number of carboxylic acids is 1. The van der Waals surface area contributed by atoms with Crippen LogP contribution < -0.4 is 5.56 Å². The summed E-state index contributed by atoms with van der Waals surface area (Å²) in [5.41, 5.74) is -0.461. The van der Waals surface area contributed by atoms with Crippen LogP contribution in [0.25, 0.3) is 6.08 Å². The van der Waals surface area contributed by atoms with Crippen molar-refractivity contribution in [2.24, 2.45) is 7.05 Å². The van der Waals surface area contributed by atoms with Crippen molar-refractivity contribution < 1.29 is 28.2 Å². The van der Waals surface area contributed by atoms with Gasteiger partial charge in [0.05, 0.1) is 5.75 Å². The highest BCUT2D eigenvalue weighted by molar-refractivity contribution is 7.91. The predicted molar refractivity (Wildman–Crippen MR) is 101 cm³/mol. The fourth-order valence-corrected chi connectivity index (χ4v) is 4.79. The van der Waals surface area contributed by atoms with Gasteiger partial charge in [-0.2, -0.15) is 0 Å². The molecule has 10 heteroatoms. The quantitative estimate of drug-likeness (QED) is 0.519. The molecule has 0 bridgehead atoms. The molecule has 2 aromatic heterocycles. The number of carbonyl (C=O) groups is 2. The molecule has 0 spiro atoms. The maximum absolute atomic E-state index is 12.3. The van der Waals surface area contributed by atoms with Gasteiger partial charge in [0.25, 0.3) is 5.56 Å². The predicted octanol–water partition coefficient (Wildman–Crippen LogP) is 1.36. The molecule has 0 atom stereocenters. The number of aliphatic carboxylic acids is 1. The van der Waals surface area contributed by atoms with Gasteiger partial charge in [0.1, 0.15) is 17.1 Å². The second-order valence-corrected chi connectivity index (χ2v) is 9.10. The molecule has 0 fully saturated rings. The SMILES string of the molecule is Cc1cc(O)c(C(=O)/C=C/c2ccc(CS(=O)(=O)CC(=O)O)s2)c(=O)n1C. The number of aryl methyl sites for hydroxylation is 1. The van der Waals surface area contributed by atoms with E-state index in [0.717, 1.165) is 17.4 Å². The third-order valence-corrected chi connectivity index (χ3v) is 6.35. The normalized spacial score (nSPS) is 11.8. The van der Waals surface area contributed by atoms with Crippen LogP contribution in [0.15, 0.2) is 29.1 Å². The number of carboxylic acid groups (broad SMARTS) is 1. The number of nitrogens with zero attached hydrogens (tertiary/aromatic N) is 1. The first-order valence-corrected chi connectivity index (χ1v) is 10.3. The van der Waals surface area contributed by atoms with Crippen molar-refractivity contribution in [1.29, 1.82) is 0 Å². The van der Waals surface area contributed by atoms with Gasteiger partial charge in [-0.3, -0.25) is 14.4 Å². The monoisotopic (exact) mass is 411 g/mol. The summed E-state index contributed by atoms with van der Waals surface area (Å²) in [7, 11) is -2.29. The number of rotatable bonds is 7. The minimum absolute atomic E-state index is 0.347. The van der Waals surface area contributed by atoms with Crippen LogP contribution in [0.3, 0.4) is 0 Å². The molecular weight excluding hydrogens is 394 g/mol. The Morgan fingerprint density at radius 2 is 1.96 bits per heavy atom. The van der Waals surface area contributed by atoms with Crippen LogP contribution in [0.2, 0.25) is 0 Å². The minimum atomic E-state index is -3.77. The maximum atomic E-state index is 12.3. The zero-order valence-electron chi connectivity index (χ0n) is 14.5. The average molecular weight is 411 g/mol. The largest absolute Gasteiger partial charge is 0.507 e. The van der Waals surface area contributed by atoms with Crippen LogP contribution in [0.5, 0.6) is 5.75 Å². The van der Waals surface area contributed by atoms with Gasteiger partial charge in [0.15, 0.2) is 15.6 Å². The van der Waals surface area contributed by atoms with Crippen molar-refractivity contribution in [2.45, 2.75) is 12.7 Å². The Morgan fingerprint density at radius 1 is 1.30 bits per heavy atom. The lowest BCUT2D eigenvalue weighted by atomic mass is 10.1.